The lowest BCUT2D eigenvalue weighted by Gasteiger charge is -2.27. The molecular weight excluding hydrogens is 240 g/mol. The number of ether oxygens (including phenoxy) is 1. The second-order valence-corrected chi connectivity index (χ2v) is 4.73. The summed E-state index contributed by atoms with van der Waals surface area (Å²) in [5.41, 5.74) is 3.09. The van der Waals surface area contributed by atoms with Crippen molar-refractivity contribution >= 4 is 5.97 Å². The lowest BCUT2D eigenvalue weighted by Crippen LogP contribution is -2.24. The Morgan fingerprint density at radius 2 is 2.00 bits per heavy atom. The first kappa shape index (κ1) is 11.8. The third-order valence-corrected chi connectivity index (χ3v) is 3.46. The second kappa shape index (κ2) is 4.76. The van der Waals surface area contributed by atoms with Crippen LogP contribution in [0.25, 0.3) is 0 Å². The molecule has 2 aromatic carbocycles. The van der Waals surface area contributed by atoms with Gasteiger partial charge in [-0.2, -0.15) is 0 Å². The van der Waals surface area contributed by atoms with Gasteiger partial charge in [0.1, 0.15) is 12.4 Å². The number of benzene rings is 2. The van der Waals surface area contributed by atoms with E-state index in [1.165, 1.54) is 0 Å². The second-order valence-electron chi connectivity index (χ2n) is 4.73. The molecular formula is C16H14O3. The zero-order chi connectivity index (χ0) is 13.2. The van der Waals surface area contributed by atoms with Crippen LogP contribution in [0.5, 0.6) is 5.75 Å². The summed E-state index contributed by atoms with van der Waals surface area (Å²) in [5.74, 6) is -0.392. The third-order valence-electron chi connectivity index (χ3n) is 3.46. The van der Waals surface area contributed by atoms with Gasteiger partial charge in [0, 0.05) is 0 Å². The summed E-state index contributed by atoms with van der Waals surface area (Å²) < 4.78 is 5.70. The standard InChI is InChI=1S/C16H14O3/c17-16(18)15-8-12-6-7-13(9-14(12)15)19-10-11-4-2-1-3-5-11/h1-7,9,15H,8,10H2,(H,17,18). The number of carboxylic acids is 1. The highest BCUT2D eigenvalue weighted by Gasteiger charge is 2.32. The molecule has 0 saturated carbocycles. The van der Waals surface area contributed by atoms with Crippen molar-refractivity contribution in [2.45, 2.75) is 18.9 Å². The molecule has 2 aromatic rings. The minimum Gasteiger partial charge on any atom is -0.489 e. The Morgan fingerprint density at radius 3 is 2.74 bits per heavy atom. The lowest BCUT2D eigenvalue weighted by atomic mass is 9.77. The quantitative estimate of drug-likeness (QED) is 0.912. The van der Waals surface area contributed by atoms with Crippen LogP contribution in [0, 0.1) is 0 Å². The van der Waals surface area contributed by atoms with E-state index in [-0.39, 0.29) is 5.92 Å². The smallest absolute Gasteiger partial charge is 0.311 e. The van der Waals surface area contributed by atoms with Gasteiger partial charge >= 0.3 is 5.97 Å². The fourth-order valence-corrected chi connectivity index (χ4v) is 2.33. The molecule has 1 aliphatic rings. The number of aliphatic carboxylic acids is 1. The topological polar surface area (TPSA) is 46.5 Å². The van der Waals surface area contributed by atoms with Gasteiger partial charge in [0.15, 0.2) is 0 Å². The molecule has 0 amide bonds. The summed E-state index contributed by atoms with van der Waals surface area (Å²) >= 11 is 0. The molecule has 0 bridgehead atoms. The molecule has 0 fully saturated rings. The van der Waals surface area contributed by atoms with Crippen LogP contribution in [0.2, 0.25) is 0 Å². The van der Waals surface area contributed by atoms with Gasteiger partial charge in [-0.15, -0.1) is 0 Å². The van der Waals surface area contributed by atoms with Gasteiger partial charge < -0.3 is 9.84 Å². The lowest BCUT2D eigenvalue weighted by molar-refractivity contribution is -0.139. The van der Waals surface area contributed by atoms with Crippen molar-refractivity contribution in [1.29, 1.82) is 0 Å². The summed E-state index contributed by atoms with van der Waals surface area (Å²) in [7, 11) is 0. The summed E-state index contributed by atoms with van der Waals surface area (Å²) in [6.45, 7) is 0.497. The van der Waals surface area contributed by atoms with Crippen LogP contribution in [-0.4, -0.2) is 11.1 Å². The zero-order valence-electron chi connectivity index (χ0n) is 10.4. The van der Waals surface area contributed by atoms with Crippen molar-refractivity contribution in [2.24, 2.45) is 0 Å². The number of hydrogen-bond acceptors (Lipinski definition) is 2. The van der Waals surface area contributed by atoms with Crippen LogP contribution >= 0.6 is 0 Å². The molecule has 0 spiro atoms. The van der Waals surface area contributed by atoms with E-state index < -0.39 is 5.97 Å². The molecule has 3 heteroatoms. The monoisotopic (exact) mass is 254 g/mol. The molecule has 1 aliphatic carbocycles. The molecule has 19 heavy (non-hydrogen) atoms. The van der Waals surface area contributed by atoms with Crippen LogP contribution in [-0.2, 0) is 17.8 Å². The molecule has 0 aromatic heterocycles. The largest absolute Gasteiger partial charge is 0.489 e. The average molecular weight is 254 g/mol. The molecule has 1 N–H and O–H groups in total. The van der Waals surface area contributed by atoms with Gasteiger partial charge in [-0.1, -0.05) is 36.4 Å². The van der Waals surface area contributed by atoms with Gasteiger partial charge in [-0.3, -0.25) is 4.79 Å². The van der Waals surface area contributed by atoms with E-state index in [1.54, 1.807) is 0 Å². The van der Waals surface area contributed by atoms with Crippen molar-refractivity contribution in [3.63, 3.8) is 0 Å². The molecule has 1 atom stereocenters. The average Bonchev–Trinajstić information content (AvgIpc) is 2.39. The number of hydrogen-bond donors (Lipinski definition) is 1. The van der Waals surface area contributed by atoms with Crippen LogP contribution in [0.15, 0.2) is 48.5 Å². The first-order chi connectivity index (χ1) is 9.24. The van der Waals surface area contributed by atoms with Crippen LogP contribution in [0.4, 0.5) is 0 Å². The summed E-state index contributed by atoms with van der Waals surface area (Å²) in [5, 5.41) is 9.04. The van der Waals surface area contributed by atoms with E-state index >= 15 is 0 Å². The van der Waals surface area contributed by atoms with Crippen molar-refractivity contribution in [1.82, 2.24) is 0 Å². The maximum atomic E-state index is 11.0. The SMILES string of the molecule is O=C(O)C1Cc2ccc(OCc3ccccc3)cc21. The van der Waals surface area contributed by atoms with Crippen molar-refractivity contribution in [2.75, 3.05) is 0 Å². The van der Waals surface area contributed by atoms with Gasteiger partial charge in [0.25, 0.3) is 0 Å². The Balaban J connectivity index is 1.71. The zero-order valence-corrected chi connectivity index (χ0v) is 10.4. The van der Waals surface area contributed by atoms with Crippen molar-refractivity contribution < 1.29 is 14.6 Å². The Labute approximate surface area is 111 Å². The summed E-state index contributed by atoms with van der Waals surface area (Å²) in [6, 6.07) is 15.6. The predicted molar refractivity (Wildman–Crippen MR) is 71.3 cm³/mol. The Hall–Kier alpha value is -2.29. The fraction of sp³-hybridized carbons (Fsp3) is 0.188. The maximum absolute atomic E-state index is 11.0. The van der Waals surface area contributed by atoms with Crippen molar-refractivity contribution in [3.05, 3.63) is 65.2 Å². The van der Waals surface area contributed by atoms with E-state index in [1.807, 2.05) is 48.5 Å². The molecule has 0 aliphatic heterocycles. The highest BCUT2D eigenvalue weighted by molar-refractivity contribution is 5.80. The van der Waals surface area contributed by atoms with E-state index in [9.17, 15) is 4.79 Å². The van der Waals surface area contributed by atoms with E-state index in [0.717, 1.165) is 22.4 Å². The van der Waals surface area contributed by atoms with E-state index in [4.69, 9.17) is 9.84 Å². The Morgan fingerprint density at radius 1 is 1.21 bits per heavy atom. The minimum atomic E-state index is -0.757. The molecule has 3 nitrogen and oxygen atoms in total. The molecule has 3 rings (SSSR count). The van der Waals surface area contributed by atoms with Crippen LogP contribution < -0.4 is 4.74 Å². The maximum Gasteiger partial charge on any atom is 0.311 e. The first-order valence-corrected chi connectivity index (χ1v) is 6.26. The fourth-order valence-electron chi connectivity index (χ4n) is 2.33. The number of carboxylic acid groups (broad SMARTS) is 1. The third kappa shape index (κ3) is 2.32. The minimum absolute atomic E-state index is 0.365. The Kier molecular flexibility index (Phi) is 2.95. The predicted octanol–water partition coefficient (Wildman–Crippen LogP) is 2.99. The van der Waals surface area contributed by atoms with Gasteiger partial charge in [-0.25, -0.2) is 0 Å². The molecule has 0 radical (unpaired) electrons. The first-order valence-electron chi connectivity index (χ1n) is 6.26. The van der Waals surface area contributed by atoms with Crippen LogP contribution in [0.1, 0.15) is 22.6 Å². The molecule has 96 valence electrons. The normalized spacial score (nSPS) is 16.3. The van der Waals surface area contributed by atoms with Crippen molar-refractivity contribution in [3.8, 4) is 5.75 Å². The number of carbonyl (C=O) groups is 1. The number of rotatable bonds is 4. The highest BCUT2D eigenvalue weighted by atomic mass is 16.5. The summed E-state index contributed by atoms with van der Waals surface area (Å²) in [4.78, 5) is 11.0. The van der Waals surface area contributed by atoms with Crippen LogP contribution in [0.3, 0.4) is 0 Å². The Bertz CT molecular complexity index is 605. The summed E-state index contributed by atoms with van der Waals surface area (Å²) in [6.07, 6.45) is 0.629. The highest BCUT2D eigenvalue weighted by Crippen LogP contribution is 2.37. The number of fused-ring (bicyclic) bond motifs is 1. The van der Waals surface area contributed by atoms with Gasteiger partial charge in [0.2, 0.25) is 0 Å². The molecule has 0 saturated heterocycles. The van der Waals surface area contributed by atoms with Gasteiger partial charge in [0.05, 0.1) is 5.92 Å². The van der Waals surface area contributed by atoms with Gasteiger partial charge in [-0.05, 0) is 35.2 Å². The molecule has 0 heterocycles. The van der Waals surface area contributed by atoms with E-state index in [0.29, 0.717) is 13.0 Å². The van der Waals surface area contributed by atoms with E-state index in [2.05, 4.69) is 0 Å². The molecule has 1 unspecified atom stereocenters.